The second-order valence-corrected chi connectivity index (χ2v) is 5.83. The largest absolute Gasteiger partial charge is 0.396 e. The van der Waals surface area contributed by atoms with Gasteiger partial charge in [-0.25, -0.2) is 9.37 Å². The number of aliphatic hydroxyl groups is 1. The van der Waals surface area contributed by atoms with Crippen molar-refractivity contribution in [1.82, 2.24) is 15.2 Å². The lowest BCUT2D eigenvalue weighted by atomic mass is 9.90. The molecule has 1 aliphatic rings. The molecule has 1 saturated heterocycles. The number of thioether (sulfide) groups is 1. The predicted molar refractivity (Wildman–Crippen MR) is 72.8 cm³/mol. The zero-order valence-corrected chi connectivity index (χ0v) is 11.5. The Balaban J connectivity index is 1.70. The van der Waals surface area contributed by atoms with E-state index in [4.69, 9.17) is 4.74 Å². The average molecular weight is 295 g/mol. The summed E-state index contributed by atoms with van der Waals surface area (Å²) in [5.74, 6) is 0.755. The highest BCUT2D eigenvalue weighted by Gasteiger charge is 2.38. The molecule has 0 amide bonds. The number of benzene rings is 1. The number of nitrogens with one attached hydrogen (secondary N) is 1. The normalized spacial score (nSPS) is 16.9. The molecule has 7 heteroatoms. The SMILES string of the molecule is OCC1(CSc2n[nH]c(-c3ccccc3F)n2)COC1. The second kappa shape index (κ2) is 5.51. The van der Waals surface area contributed by atoms with E-state index in [9.17, 15) is 9.50 Å². The third-order valence-corrected chi connectivity index (χ3v) is 4.45. The van der Waals surface area contributed by atoms with Crippen LogP contribution in [0.4, 0.5) is 4.39 Å². The minimum atomic E-state index is -0.334. The van der Waals surface area contributed by atoms with Crippen molar-refractivity contribution >= 4 is 11.8 Å². The molecule has 1 aromatic carbocycles. The summed E-state index contributed by atoms with van der Waals surface area (Å²) in [5, 5.41) is 16.7. The van der Waals surface area contributed by atoms with Crippen LogP contribution in [0.5, 0.6) is 0 Å². The van der Waals surface area contributed by atoms with E-state index in [-0.39, 0.29) is 17.8 Å². The summed E-state index contributed by atoms with van der Waals surface area (Å²) in [6, 6.07) is 6.42. The first-order valence-electron chi connectivity index (χ1n) is 6.21. The second-order valence-electron chi connectivity index (χ2n) is 4.89. The van der Waals surface area contributed by atoms with Crippen LogP contribution >= 0.6 is 11.8 Å². The molecule has 0 bridgehead atoms. The number of aliphatic hydroxyl groups excluding tert-OH is 1. The van der Waals surface area contributed by atoms with Crippen molar-refractivity contribution in [2.24, 2.45) is 5.41 Å². The molecule has 3 rings (SSSR count). The number of nitrogens with zero attached hydrogens (tertiary/aromatic N) is 2. The minimum Gasteiger partial charge on any atom is -0.396 e. The van der Waals surface area contributed by atoms with Gasteiger partial charge in [0.1, 0.15) is 5.82 Å². The van der Waals surface area contributed by atoms with E-state index < -0.39 is 0 Å². The molecule has 106 valence electrons. The Morgan fingerprint density at radius 3 is 2.85 bits per heavy atom. The lowest BCUT2D eigenvalue weighted by Crippen LogP contribution is -2.47. The summed E-state index contributed by atoms with van der Waals surface area (Å²) in [6.07, 6.45) is 0. The zero-order valence-electron chi connectivity index (χ0n) is 10.7. The van der Waals surface area contributed by atoms with Crippen LogP contribution in [0.25, 0.3) is 11.4 Å². The minimum absolute atomic E-state index is 0.0879. The molecule has 0 aliphatic carbocycles. The molecule has 1 aromatic heterocycles. The summed E-state index contributed by atoms with van der Waals surface area (Å²) in [7, 11) is 0. The Labute approximate surface area is 119 Å². The molecule has 0 atom stereocenters. The highest BCUT2D eigenvalue weighted by molar-refractivity contribution is 7.99. The van der Waals surface area contributed by atoms with Crippen molar-refractivity contribution in [1.29, 1.82) is 0 Å². The maximum absolute atomic E-state index is 13.6. The molecule has 5 nitrogen and oxygen atoms in total. The molecular weight excluding hydrogens is 281 g/mol. The number of aromatic amines is 1. The molecule has 0 saturated carbocycles. The zero-order chi connectivity index (χ0) is 14.0. The molecule has 2 N–H and O–H groups in total. The van der Waals surface area contributed by atoms with Crippen LogP contribution < -0.4 is 0 Å². The first-order valence-corrected chi connectivity index (χ1v) is 7.20. The summed E-state index contributed by atoms with van der Waals surface area (Å²) < 4.78 is 18.8. The van der Waals surface area contributed by atoms with Crippen molar-refractivity contribution in [3.8, 4) is 11.4 Å². The Morgan fingerprint density at radius 1 is 1.40 bits per heavy atom. The number of H-pyrrole nitrogens is 1. The van der Waals surface area contributed by atoms with Gasteiger partial charge in [0.05, 0.1) is 25.4 Å². The van der Waals surface area contributed by atoms with Gasteiger partial charge in [0.15, 0.2) is 5.82 Å². The molecule has 2 heterocycles. The first-order chi connectivity index (χ1) is 9.72. The van der Waals surface area contributed by atoms with Crippen LogP contribution in [0, 0.1) is 11.2 Å². The fourth-order valence-electron chi connectivity index (χ4n) is 1.91. The van der Waals surface area contributed by atoms with E-state index in [2.05, 4.69) is 15.2 Å². The summed E-state index contributed by atoms with van der Waals surface area (Å²) in [6.45, 7) is 1.20. The molecule has 2 aromatic rings. The number of rotatable bonds is 5. The van der Waals surface area contributed by atoms with Crippen molar-refractivity contribution in [3.05, 3.63) is 30.1 Å². The van der Waals surface area contributed by atoms with E-state index in [1.54, 1.807) is 18.2 Å². The van der Waals surface area contributed by atoms with Gasteiger partial charge in [-0.1, -0.05) is 23.9 Å². The van der Waals surface area contributed by atoms with Gasteiger partial charge in [0.25, 0.3) is 0 Å². The first kappa shape index (κ1) is 13.5. The Hall–Kier alpha value is -1.44. The molecule has 1 fully saturated rings. The van der Waals surface area contributed by atoms with Crippen molar-refractivity contribution in [3.63, 3.8) is 0 Å². The van der Waals surface area contributed by atoms with Crippen LogP contribution in [0.2, 0.25) is 0 Å². The number of aromatic nitrogens is 3. The van der Waals surface area contributed by atoms with E-state index in [1.165, 1.54) is 17.8 Å². The Bertz CT molecular complexity index is 595. The van der Waals surface area contributed by atoms with E-state index in [1.807, 2.05) is 0 Å². The average Bonchev–Trinajstić information content (AvgIpc) is 2.87. The Kier molecular flexibility index (Phi) is 3.73. The van der Waals surface area contributed by atoms with Gasteiger partial charge in [0.2, 0.25) is 5.16 Å². The fraction of sp³-hybridized carbons (Fsp3) is 0.385. The molecule has 0 spiro atoms. The number of halogens is 1. The van der Waals surface area contributed by atoms with Gasteiger partial charge < -0.3 is 9.84 Å². The van der Waals surface area contributed by atoms with Crippen LogP contribution in [0.15, 0.2) is 29.4 Å². The third kappa shape index (κ3) is 2.56. The Morgan fingerprint density at radius 2 is 2.20 bits per heavy atom. The molecule has 1 aliphatic heterocycles. The monoisotopic (exact) mass is 295 g/mol. The van der Waals surface area contributed by atoms with E-state index in [0.29, 0.717) is 35.5 Å². The maximum Gasteiger partial charge on any atom is 0.208 e. The lowest BCUT2D eigenvalue weighted by Gasteiger charge is -2.39. The molecule has 20 heavy (non-hydrogen) atoms. The number of hydrogen-bond acceptors (Lipinski definition) is 5. The quantitative estimate of drug-likeness (QED) is 0.822. The van der Waals surface area contributed by atoms with Crippen molar-refractivity contribution < 1.29 is 14.2 Å². The van der Waals surface area contributed by atoms with Gasteiger partial charge in [0, 0.05) is 11.2 Å². The van der Waals surface area contributed by atoms with Crippen molar-refractivity contribution in [2.45, 2.75) is 5.16 Å². The van der Waals surface area contributed by atoms with Gasteiger partial charge in [-0.3, -0.25) is 5.10 Å². The number of hydrogen-bond donors (Lipinski definition) is 2. The maximum atomic E-state index is 13.6. The highest BCUT2D eigenvalue weighted by Crippen LogP contribution is 2.33. The highest BCUT2D eigenvalue weighted by atomic mass is 32.2. The summed E-state index contributed by atoms with van der Waals surface area (Å²) in [5.41, 5.74) is 0.208. The van der Waals surface area contributed by atoms with Crippen LogP contribution in [0.3, 0.4) is 0 Å². The summed E-state index contributed by atoms with van der Waals surface area (Å²) >= 11 is 1.43. The van der Waals surface area contributed by atoms with E-state index >= 15 is 0 Å². The standard InChI is InChI=1S/C13H14FN3O2S/c14-10-4-2-1-3-9(10)11-15-12(17-16-11)20-8-13(5-18)6-19-7-13/h1-4,18H,5-8H2,(H,15,16,17). The van der Waals surface area contributed by atoms with E-state index in [0.717, 1.165) is 0 Å². The van der Waals surface area contributed by atoms with Crippen LogP contribution in [0.1, 0.15) is 0 Å². The van der Waals surface area contributed by atoms with Crippen LogP contribution in [-0.2, 0) is 4.74 Å². The topological polar surface area (TPSA) is 71.0 Å². The lowest BCUT2D eigenvalue weighted by molar-refractivity contribution is -0.121. The summed E-state index contributed by atoms with van der Waals surface area (Å²) in [4.78, 5) is 4.27. The van der Waals surface area contributed by atoms with Crippen LogP contribution in [-0.4, -0.2) is 45.9 Å². The third-order valence-electron chi connectivity index (χ3n) is 3.25. The fourth-order valence-corrected chi connectivity index (χ4v) is 2.87. The number of ether oxygens (including phenoxy) is 1. The van der Waals surface area contributed by atoms with Crippen molar-refractivity contribution in [2.75, 3.05) is 25.6 Å². The van der Waals surface area contributed by atoms with Gasteiger partial charge in [-0.05, 0) is 12.1 Å². The van der Waals surface area contributed by atoms with Gasteiger partial charge in [-0.2, -0.15) is 0 Å². The molecule has 0 unspecified atom stereocenters. The van der Waals surface area contributed by atoms with Gasteiger partial charge in [-0.15, -0.1) is 5.10 Å². The predicted octanol–water partition coefficient (Wildman–Crippen LogP) is 1.71. The molecular formula is C13H14FN3O2S. The van der Waals surface area contributed by atoms with Gasteiger partial charge >= 0.3 is 0 Å². The molecule has 0 radical (unpaired) electrons. The smallest absolute Gasteiger partial charge is 0.208 e.